The summed E-state index contributed by atoms with van der Waals surface area (Å²) in [5, 5.41) is 6.72. The molecule has 2 fully saturated rings. The van der Waals surface area contributed by atoms with Gasteiger partial charge in [-0.1, -0.05) is 24.6 Å². The van der Waals surface area contributed by atoms with E-state index in [1.54, 1.807) is 13.1 Å². The van der Waals surface area contributed by atoms with E-state index in [-0.39, 0.29) is 11.8 Å². The van der Waals surface area contributed by atoms with E-state index >= 15 is 0 Å². The Bertz CT molecular complexity index is 865. The van der Waals surface area contributed by atoms with Gasteiger partial charge in [0.05, 0.1) is 12.2 Å². The predicted molar refractivity (Wildman–Crippen MR) is 119 cm³/mol. The number of aromatic nitrogens is 1. The molecule has 1 aromatic carbocycles. The first kappa shape index (κ1) is 20.9. The number of carbonyl (C=O) groups excluding carboxylic acids is 2. The Morgan fingerprint density at radius 1 is 1.10 bits per heavy atom. The minimum atomic E-state index is -0.586. The van der Waals surface area contributed by atoms with E-state index in [4.69, 9.17) is 0 Å². The molecule has 7 nitrogen and oxygen atoms in total. The maximum atomic E-state index is 12.5. The number of H-pyrrole nitrogens is 1. The number of hydrogen-bond acceptors (Lipinski definition) is 4. The lowest BCUT2D eigenvalue weighted by Crippen LogP contribution is -2.50. The Hall–Kier alpha value is -2.38. The van der Waals surface area contributed by atoms with Gasteiger partial charge in [0.2, 0.25) is 11.8 Å². The molecule has 3 N–H and O–H groups in total. The first-order valence-electron chi connectivity index (χ1n) is 11.2. The van der Waals surface area contributed by atoms with Gasteiger partial charge in [0.1, 0.15) is 6.04 Å². The zero-order valence-corrected chi connectivity index (χ0v) is 17.8. The van der Waals surface area contributed by atoms with Gasteiger partial charge in [-0.05, 0) is 51.8 Å². The van der Waals surface area contributed by atoms with Crippen molar-refractivity contribution in [3.63, 3.8) is 0 Å². The van der Waals surface area contributed by atoms with Crippen molar-refractivity contribution in [2.75, 3.05) is 38.0 Å². The van der Waals surface area contributed by atoms with Crippen molar-refractivity contribution in [3.8, 4) is 0 Å². The Balaban J connectivity index is 1.21. The van der Waals surface area contributed by atoms with Crippen LogP contribution in [0.5, 0.6) is 0 Å². The van der Waals surface area contributed by atoms with Crippen LogP contribution in [0.1, 0.15) is 39.0 Å². The van der Waals surface area contributed by atoms with Gasteiger partial charge in [-0.2, -0.15) is 0 Å². The molecule has 30 heavy (non-hydrogen) atoms. The lowest BCUT2D eigenvalue weighted by molar-refractivity contribution is -0.127. The molecule has 2 aromatic rings. The second kappa shape index (κ2) is 9.62. The fraction of sp³-hybridized carbons (Fsp3) is 0.565. The zero-order valence-electron chi connectivity index (χ0n) is 17.8. The van der Waals surface area contributed by atoms with Crippen molar-refractivity contribution in [2.45, 2.75) is 51.1 Å². The van der Waals surface area contributed by atoms with Gasteiger partial charge in [0.25, 0.3) is 0 Å². The first-order valence-corrected chi connectivity index (χ1v) is 11.2. The number of fused-ring (bicyclic) bond motifs is 1. The minimum Gasteiger partial charge on any atom is -0.359 e. The Kier molecular flexibility index (Phi) is 6.69. The summed E-state index contributed by atoms with van der Waals surface area (Å²) in [5.41, 5.74) is 1.70. The van der Waals surface area contributed by atoms with Crippen LogP contribution in [0, 0.1) is 0 Å². The van der Waals surface area contributed by atoms with Crippen molar-refractivity contribution in [3.05, 3.63) is 30.5 Å². The number of aromatic amines is 1. The molecular formula is C23H33N5O2. The van der Waals surface area contributed by atoms with E-state index in [2.05, 4.69) is 25.4 Å². The van der Waals surface area contributed by atoms with Crippen LogP contribution in [-0.4, -0.2) is 71.4 Å². The largest absolute Gasteiger partial charge is 0.359 e. The maximum Gasteiger partial charge on any atom is 0.246 e. The van der Waals surface area contributed by atoms with Crippen LogP contribution < -0.4 is 10.6 Å². The molecule has 0 radical (unpaired) electrons. The van der Waals surface area contributed by atoms with E-state index in [9.17, 15) is 9.59 Å². The second-order valence-corrected chi connectivity index (χ2v) is 8.63. The SMILES string of the molecule is CC(NC(=O)CN1CCC(N2CCCCC2)CC1)C(=O)Nc1c[nH]c2ccccc12. The van der Waals surface area contributed by atoms with Crippen LogP contribution >= 0.6 is 0 Å². The number of likely N-dealkylation sites (tertiary alicyclic amines) is 2. The molecule has 1 unspecified atom stereocenters. The smallest absolute Gasteiger partial charge is 0.246 e. The van der Waals surface area contributed by atoms with Crippen LogP contribution in [0.3, 0.4) is 0 Å². The zero-order chi connectivity index (χ0) is 20.9. The van der Waals surface area contributed by atoms with Crippen molar-refractivity contribution >= 4 is 28.4 Å². The van der Waals surface area contributed by atoms with Gasteiger partial charge in [-0.25, -0.2) is 0 Å². The van der Waals surface area contributed by atoms with E-state index in [0.29, 0.717) is 12.6 Å². The highest BCUT2D eigenvalue weighted by atomic mass is 16.2. The number of rotatable bonds is 6. The summed E-state index contributed by atoms with van der Waals surface area (Å²) in [7, 11) is 0. The fourth-order valence-corrected chi connectivity index (χ4v) is 4.70. The van der Waals surface area contributed by atoms with Gasteiger partial charge in [-0.15, -0.1) is 0 Å². The molecule has 162 valence electrons. The predicted octanol–water partition coefficient (Wildman–Crippen LogP) is 2.56. The lowest BCUT2D eigenvalue weighted by atomic mass is 10.00. The second-order valence-electron chi connectivity index (χ2n) is 8.63. The normalized spacial score (nSPS) is 20.2. The van der Waals surface area contributed by atoms with Crippen LogP contribution in [-0.2, 0) is 9.59 Å². The summed E-state index contributed by atoms with van der Waals surface area (Å²) < 4.78 is 0. The van der Waals surface area contributed by atoms with Gasteiger partial charge in [-0.3, -0.25) is 14.5 Å². The van der Waals surface area contributed by atoms with Crippen molar-refractivity contribution in [1.82, 2.24) is 20.1 Å². The van der Waals surface area contributed by atoms with E-state index in [0.717, 1.165) is 42.5 Å². The average molecular weight is 412 g/mol. The van der Waals surface area contributed by atoms with E-state index < -0.39 is 6.04 Å². The average Bonchev–Trinajstić information content (AvgIpc) is 3.17. The summed E-state index contributed by atoms with van der Waals surface area (Å²) in [4.78, 5) is 33.0. The molecule has 1 aromatic heterocycles. The van der Waals surface area contributed by atoms with Crippen LogP contribution in [0.15, 0.2) is 30.5 Å². The number of carbonyl (C=O) groups is 2. The summed E-state index contributed by atoms with van der Waals surface area (Å²) in [6.45, 7) is 6.44. The van der Waals surface area contributed by atoms with Crippen molar-refractivity contribution < 1.29 is 9.59 Å². The topological polar surface area (TPSA) is 80.5 Å². The number of benzene rings is 1. The molecule has 7 heteroatoms. The molecule has 0 bridgehead atoms. The van der Waals surface area contributed by atoms with Gasteiger partial charge in [0, 0.05) is 36.2 Å². The first-order chi connectivity index (χ1) is 14.6. The summed E-state index contributed by atoms with van der Waals surface area (Å²) in [6.07, 6.45) is 8.04. The highest BCUT2D eigenvalue weighted by Crippen LogP contribution is 2.23. The van der Waals surface area contributed by atoms with Crippen LogP contribution in [0.4, 0.5) is 5.69 Å². The van der Waals surface area contributed by atoms with Crippen molar-refractivity contribution in [1.29, 1.82) is 0 Å². The monoisotopic (exact) mass is 411 g/mol. The number of nitrogens with zero attached hydrogens (tertiary/aromatic N) is 2. The van der Waals surface area contributed by atoms with Crippen molar-refractivity contribution in [2.24, 2.45) is 0 Å². The highest BCUT2D eigenvalue weighted by molar-refractivity contribution is 6.04. The van der Waals surface area contributed by atoms with E-state index in [1.807, 2.05) is 24.3 Å². The molecule has 2 aliphatic heterocycles. The highest BCUT2D eigenvalue weighted by Gasteiger charge is 2.27. The van der Waals surface area contributed by atoms with Gasteiger partial charge >= 0.3 is 0 Å². The quantitative estimate of drug-likeness (QED) is 0.683. The fourth-order valence-electron chi connectivity index (χ4n) is 4.70. The molecule has 1 atom stereocenters. The Labute approximate surface area is 178 Å². The Morgan fingerprint density at radius 3 is 2.60 bits per heavy atom. The molecule has 0 spiro atoms. The molecule has 2 amide bonds. The summed E-state index contributed by atoms with van der Waals surface area (Å²) >= 11 is 0. The van der Waals surface area contributed by atoms with Crippen LogP contribution in [0.25, 0.3) is 10.9 Å². The maximum absolute atomic E-state index is 12.5. The number of hydrogen-bond donors (Lipinski definition) is 3. The van der Waals surface area contributed by atoms with Gasteiger partial charge < -0.3 is 20.5 Å². The molecule has 0 saturated carbocycles. The lowest BCUT2D eigenvalue weighted by Gasteiger charge is -2.40. The Morgan fingerprint density at radius 2 is 1.83 bits per heavy atom. The standard InChI is InChI=1S/C23H33N5O2/c1-17(23(30)26-21-15-24-20-8-4-3-7-19(20)21)25-22(29)16-27-13-9-18(10-14-27)28-11-5-2-6-12-28/h3-4,7-8,15,17-18,24H,2,5-6,9-14,16H2,1H3,(H,25,29)(H,26,30). The molecular weight excluding hydrogens is 378 g/mol. The number of amides is 2. The van der Waals surface area contributed by atoms with Gasteiger partial charge in [0.15, 0.2) is 0 Å². The molecule has 3 heterocycles. The third kappa shape index (κ3) is 5.02. The summed E-state index contributed by atoms with van der Waals surface area (Å²) in [5.74, 6) is -0.301. The number of para-hydroxylation sites is 1. The molecule has 0 aliphatic carbocycles. The molecule has 2 aliphatic rings. The van der Waals surface area contributed by atoms with Crippen LogP contribution in [0.2, 0.25) is 0 Å². The number of anilines is 1. The number of nitrogens with one attached hydrogen (secondary N) is 3. The molecule has 4 rings (SSSR count). The third-order valence-corrected chi connectivity index (χ3v) is 6.45. The molecule has 2 saturated heterocycles. The van der Waals surface area contributed by atoms with E-state index in [1.165, 1.54) is 32.4 Å². The number of piperidine rings is 2. The third-order valence-electron chi connectivity index (χ3n) is 6.45. The minimum absolute atomic E-state index is 0.0898. The summed E-state index contributed by atoms with van der Waals surface area (Å²) in [6, 6.07) is 7.89.